The summed E-state index contributed by atoms with van der Waals surface area (Å²) in [6.07, 6.45) is 11.8. The van der Waals surface area contributed by atoms with Crippen molar-refractivity contribution in [2.24, 2.45) is 5.92 Å². The van der Waals surface area contributed by atoms with Crippen LogP contribution in [0.4, 0.5) is 11.8 Å². The molecule has 0 bridgehead atoms. The van der Waals surface area contributed by atoms with Crippen LogP contribution in [0.25, 0.3) is 0 Å². The van der Waals surface area contributed by atoms with E-state index in [1.165, 1.54) is 11.1 Å². The van der Waals surface area contributed by atoms with E-state index in [9.17, 15) is 9.90 Å². The minimum absolute atomic E-state index is 0.0141. The Bertz CT molecular complexity index is 1330. The van der Waals surface area contributed by atoms with Gasteiger partial charge in [-0.15, -0.1) is 0 Å². The summed E-state index contributed by atoms with van der Waals surface area (Å²) in [5.74, 6) is 1.57. The van der Waals surface area contributed by atoms with Crippen LogP contribution < -0.4 is 10.2 Å². The van der Waals surface area contributed by atoms with E-state index >= 15 is 0 Å². The largest absolute Gasteiger partial charge is 0.356 e. The summed E-state index contributed by atoms with van der Waals surface area (Å²) in [6.45, 7) is 13.4. The number of carbonyl (C=O) groups excluding carboxylic acids is 1. The fraction of sp³-hybridized carbons (Fsp3) is 0.545. The Morgan fingerprint density at radius 1 is 1.20 bits per heavy atom. The second kappa shape index (κ2) is 11.7. The van der Waals surface area contributed by atoms with E-state index in [0.29, 0.717) is 24.2 Å². The highest BCUT2D eigenvalue weighted by Gasteiger charge is 2.49. The molecule has 8 heteroatoms. The van der Waals surface area contributed by atoms with Crippen molar-refractivity contribution >= 4 is 17.7 Å². The Balaban J connectivity index is 1.38. The van der Waals surface area contributed by atoms with Crippen molar-refractivity contribution in [1.29, 1.82) is 0 Å². The lowest BCUT2D eigenvalue weighted by Crippen LogP contribution is -2.43. The minimum atomic E-state index is -0.927. The zero-order valence-electron chi connectivity index (χ0n) is 25.4. The van der Waals surface area contributed by atoms with Crippen LogP contribution in [-0.4, -0.2) is 51.0 Å². The summed E-state index contributed by atoms with van der Waals surface area (Å²) in [4.78, 5) is 27.3. The SMILES string of the molecule is CCC1/C=C(Nc2ncc3c(n2)N(C2CCc4ccccc42)C(=O)C3(C)C)\C=C/CCN(C(O)OC(C)(C)C)CC1. The van der Waals surface area contributed by atoms with E-state index in [1.54, 1.807) is 0 Å². The molecular weight excluding hydrogens is 514 g/mol. The van der Waals surface area contributed by atoms with Crippen molar-refractivity contribution in [2.75, 3.05) is 23.3 Å². The van der Waals surface area contributed by atoms with Gasteiger partial charge in [-0.05, 0) is 89.8 Å². The molecule has 3 heterocycles. The van der Waals surface area contributed by atoms with Crippen molar-refractivity contribution in [3.8, 4) is 0 Å². The predicted molar refractivity (Wildman–Crippen MR) is 162 cm³/mol. The molecule has 0 saturated carbocycles. The summed E-state index contributed by atoms with van der Waals surface area (Å²) >= 11 is 0. The second-order valence-corrected chi connectivity index (χ2v) is 13.0. The molecule has 2 N–H and O–H groups in total. The number of fused-ring (bicyclic) bond motifs is 2. The summed E-state index contributed by atoms with van der Waals surface area (Å²) in [5, 5.41) is 14.1. The third-order valence-corrected chi connectivity index (χ3v) is 8.47. The molecule has 1 aromatic heterocycles. The van der Waals surface area contributed by atoms with E-state index < -0.39 is 17.4 Å². The number of carbonyl (C=O) groups is 1. The lowest BCUT2D eigenvalue weighted by Gasteiger charge is -2.33. The molecule has 3 atom stereocenters. The van der Waals surface area contributed by atoms with Gasteiger partial charge in [0.25, 0.3) is 0 Å². The van der Waals surface area contributed by atoms with Crippen molar-refractivity contribution in [1.82, 2.24) is 14.9 Å². The Kier molecular flexibility index (Phi) is 8.37. The molecule has 1 aliphatic carbocycles. The Labute approximate surface area is 244 Å². The molecule has 3 unspecified atom stereocenters. The van der Waals surface area contributed by atoms with Crippen LogP contribution in [0, 0.1) is 5.92 Å². The van der Waals surface area contributed by atoms with Gasteiger partial charge < -0.3 is 15.2 Å². The Morgan fingerprint density at radius 3 is 2.73 bits per heavy atom. The van der Waals surface area contributed by atoms with Crippen LogP contribution in [0.2, 0.25) is 0 Å². The molecule has 220 valence electrons. The lowest BCUT2D eigenvalue weighted by atomic mass is 9.88. The maximum atomic E-state index is 13.8. The average molecular weight is 560 g/mol. The zero-order valence-corrected chi connectivity index (χ0v) is 25.4. The first-order valence-electron chi connectivity index (χ1n) is 15.0. The van der Waals surface area contributed by atoms with Gasteiger partial charge in [0.1, 0.15) is 5.82 Å². The van der Waals surface area contributed by atoms with Crippen LogP contribution in [0.5, 0.6) is 0 Å². The van der Waals surface area contributed by atoms with E-state index in [-0.39, 0.29) is 11.9 Å². The molecular formula is C33H45N5O3. The van der Waals surface area contributed by atoms with Gasteiger partial charge in [0.05, 0.1) is 17.1 Å². The molecule has 1 aromatic carbocycles. The molecule has 2 aliphatic heterocycles. The van der Waals surface area contributed by atoms with Crippen LogP contribution in [0.15, 0.2) is 54.4 Å². The van der Waals surface area contributed by atoms with E-state index in [2.05, 4.69) is 59.7 Å². The second-order valence-electron chi connectivity index (χ2n) is 13.0. The number of hydrogen-bond acceptors (Lipinski definition) is 7. The molecule has 0 radical (unpaired) electrons. The first-order valence-corrected chi connectivity index (χ1v) is 15.0. The van der Waals surface area contributed by atoms with Crippen LogP contribution in [0.3, 0.4) is 0 Å². The first-order chi connectivity index (χ1) is 19.5. The maximum Gasteiger partial charge on any atom is 0.239 e. The number of allylic oxidation sites excluding steroid dienone is 2. The normalized spacial score (nSPS) is 25.7. The summed E-state index contributed by atoms with van der Waals surface area (Å²) < 4.78 is 5.82. The molecule has 8 nitrogen and oxygen atoms in total. The summed E-state index contributed by atoms with van der Waals surface area (Å²) in [6, 6.07) is 8.41. The number of aliphatic hydroxyl groups excluding tert-OH is 1. The van der Waals surface area contributed by atoms with Gasteiger partial charge in [0, 0.05) is 30.5 Å². The average Bonchev–Trinajstić information content (AvgIpc) is 3.42. The molecule has 5 rings (SSSR count). The zero-order chi connectivity index (χ0) is 29.4. The predicted octanol–water partition coefficient (Wildman–Crippen LogP) is 5.85. The number of amides is 1. The molecule has 0 spiro atoms. The fourth-order valence-electron chi connectivity index (χ4n) is 6.10. The van der Waals surface area contributed by atoms with Gasteiger partial charge in [-0.3, -0.25) is 14.6 Å². The number of rotatable bonds is 6. The molecule has 41 heavy (non-hydrogen) atoms. The number of ether oxygens (including phenoxy) is 1. The topological polar surface area (TPSA) is 90.8 Å². The number of aromatic nitrogens is 2. The summed E-state index contributed by atoms with van der Waals surface area (Å²) in [5.41, 5.74) is 3.24. The van der Waals surface area contributed by atoms with Crippen molar-refractivity contribution in [2.45, 2.75) is 97.1 Å². The number of anilines is 2. The van der Waals surface area contributed by atoms with Crippen molar-refractivity contribution in [3.63, 3.8) is 0 Å². The first kappa shape index (κ1) is 29.4. The van der Waals surface area contributed by atoms with Crippen LogP contribution >= 0.6 is 0 Å². The van der Waals surface area contributed by atoms with Crippen molar-refractivity contribution < 1.29 is 14.6 Å². The lowest BCUT2D eigenvalue weighted by molar-refractivity contribution is -0.239. The molecule has 3 aliphatic rings. The number of nitrogens with zero attached hydrogens (tertiary/aromatic N) is 4. The van der Waals surface area contributed by atoms with Gasteiger partial charge in [-0.2, -0.15) is 4.98 Å². The Morgan fingerprint density at radius 2 is 1.98 bits per heavy atom. The van der Waals surface area contributed by atoms with Crippen molar-refractivity contribution in [3.05, 3.63) is 71.1 Å². The molecule has 0 fully saturated rings. The third-order valence-electron chi connectivity index (χ3n) is 8.47. The quantitative estimate of drug-likeness (QED) is 0.429. The summed E-state index contributed by atoms with van der Waals surface area (Å²) in [7, 11) is 0. The highest BCUT2D eigenvalue weighted by molar-refractivity contribution is 6.07. The number of aryl methyl sites for hydroxylation is 1. The van der Waals surface area contributed by atoms with Gasteiger partial charge in [0.2, 0.25) is 18.3 Å². The van der Waals surface area contributed by atoms with Gasteiger partial charge in [0.15, 0.2) is 0 Å². The fourth-order valence-corrected chi connectivity index (χ4v) is 6.10. The number of aliphatic hydroxyl groups is 1. The standard InChI is InChI=1S/C33H45N5O3/c1-7-22-17-19-37(31(40)41-32(2,3)4)18-11-10-13-24(20-22)35-30-34-21-26-28(36-30)38(29(39)33(26,5)6)27-16-15-23-12-8-9-14-25(23)27/h8-10,12-14,20-22,27,31,40H,7,11,15-19H2,1-6H3,(H,34,35,36)/b13-10-,24-20+. The maximum absolute atomic E-state index is 13.8. The molecule has 0 saturated heterocycles. The van der Waals surface area contributed by atoms with E-state index in [4.69, 9.17) is 9.72 Å². The smallest absolute Gasteiger partial charge is 0.239 e. The highest BCUT2D eigenvalue weighted by Crippen LogP contribution is 2.47. The molecule has 2 aromatic rings. The Hall–Kier alpha value is -3.07. The van der Waals surface area contributed by atoms with Gasteiger partial charge in [-0.25, -0.2) is 4.98 Å². The van der Waals surface area contributed by atoms with Gasteiger partial charge in [-0.1, -0.05) is 43.3 Å². The van der Waals surface area contributed by atoms with Crippen LogP contribution in [0.1, 0.15) is 90.0 Å². The van der Waals surface area contributed by atoms with E-state index in [1.807, 2.05) is 50.6 Å². The monoisotopic (exact) mass is 559 g/mol. The number of hydrogen-bond donors (Lipinski definition) is 2. The minimum Gasteiger partial charge on any atom is -0.356 e. The van der Waals surface area contributed by atoms with E-state index in [0.717, 1.165) is 49.9 Å². The van der Waals surface area contributed by atoms with Gasteiger partial charge >= 0.3 is 0 Å². The molecule has 1 amide bonds. The number of nitrogens with one attached hydrogen (secondary N) is 1. The van der Waals surface area contributed by atoms with Crippen LogP contribution in [-0.2, 0) is 21.4 Å². The number of benzene rings is 1. The highest BCUT2D eigenvalue weighted by atomic mass is 16.6. The third kappa shape index (κ3) is 6.25.